The maximum atomic E-state index is 5.81. The van der Waals surface area contributed by atoms with Gasteiger partial charge in [0, 0.05) is 6.61 Å². The van der Waals surface area contributed by atoms with Gasteiger partial charge in [0.2, 0.25) is 0 Å². The van der Waals surface area contributed by atoms with Crippen LogP contribution >= 0.6 is 22.6 Å². The predicted octanol–water partition coefficient (Wildman–Crippen LogP) is 3.78. The van der Waals surface area contributed by atoms with Gasteiger partial charge in [-0.05, 0) is 29.4 Å². The number of benzene rings is 1. The smallest absolute Gasteiger partial charge is 0.142 e. The predicted molar refractivity (Wildman–Crippen MR) is 160 cm³/mol. The first-order chi connectivity index (χ1) is 19.3. The lowest BCUT2D eigenvalue weighted by atomic mass is 10.2. The zero-order chi connectivity index (χ0) is 27.9. The van der Waals surface area contributed by atoms with Crippen molar-refractivity contribution >= 4 is 28.3 Å². The Kier molecular flexibility index (Phi) is 28.1. The number of rotatable bonds is 31. The molecular formula is C28H50INO9. The molecule has 1 aromatic carbocycles. The zero-order valence-electron chi connectivity index (χ0n) is 23.5. The summed E-state index contributed by atoms with van der Waals surface area (Å²) in [5, 5.41) is 0. The van der Waals surface area contributed by atoms with E-state index in [0.29, 0.717) is 117 Å². The van der Waals surface area contributed by atoms with Crippen LogP contribution in [-0.2, 0) is 37.9 Å². The standard InChI is InChI=1S/C28H50INO9/c29-9-5-1-2-6-10-31-11-12-32-13-14-33-15-16-34-17-18-35-19-20-36-21-22-37-23-24-38-25-26-39-28-8-4-3-7-27(28)30/h3-4,7-8H,1-2,5-6,9-26,30H2. The maximum Gasteiger partial charge on any atom is 0.142 e. The Morgan fingerprint density at radius 2 is 0.795 bits per heavy atom. The van der Waals surface area contributed by atoms with Crippen LogP contribution in [0.5, 0.6) is 5.75 Å². The number of nitrogen functional groups attached to an aromatic ring is 1. The summed E-state index contributed by atoms with van der Waals surface area (Å²) in [5.41, 5.74) is 6.44. The molecule has 0 aliphatic heterocycles. The second-order valence-electron chi connectivity index (χ2n) is 8.39. The van der Waals surface area contributed by atoms with E-state index < -0.39 is 0 Å². The molecule has 39 heavy (non-hydrogen) atoms. The van der Waals surface area contributed by atoms with Gasteiger partial charge in [-0.3, -0.25) is 0 Å². The SMILES string of the molecule is Nc1ccccc1OCCOCCOCCOCCOCCOCCOCCOCCOCCCCCCI. The molecule has 228 valence electrons. The van der Waals surface area contributed by atoms with Gasteiger partial charge in [0.25, 0.3) is 0 Å². The van der Waals surface area contributed by atoms with E-state index in [9.17, 15) is 0 Å². The Bertz CT molecular complexity index is 630. The lowest BCUT2D eigenvalue weighted by Crippen LogP contribution is -2.15. The first-order valence-corrected chi connectivity index (χ1v) is 15.5. The van der Waals surface area contributed by atoms with Crippen LogP contribution in [0.15, 0.2) is 24.3 Å². The number of hydrogen-bond donors (Lipinski definition) is 1. The van der Waals surface area contributed by atoms with Crippen LogP contribution in [-0.4, -0.2) is 117 Å². The molecule has 0 saturated carbocycles. The first kappa shape index (κ1) is 36.3. The van der Waals surface area contributed by atoms with Crippen LogP contribution in [0.1, 0.15) is 25.7 Å². The monoisotopic (exact) mass is 671 g/mol. The van der Waals surface area contributed by atoms with E-state index in [1.807, 2.05) is 18.2 Å². The molecule has 2 N–H and O–H groups in total. The lowest BCUT2D eigenvalue weighted by Gasteiger charge is -2.09. The molecule has 1 aromatic rings. The molecule has 0 radical (unpaired) electrons. The number of unbranched alkanes of at least 4 members (excludes halogenated alkanes) is 3. The molecule has 0 aliphatic rings. The Hall–Kier alpha value is -0.770. The number of alkyl halides is 1. The third-order valence-corrected chi connectivity index (χ3v) is 5.94. The summed E-state index contributed by atoms with van der Waals surface area (Å²) < 4.78 is 50.7. The number of nitrogens with two attached hydrogens (primary N) is 1. The number of anilines is 1. The van der Waals surface area contributed by atoms with Gasteiger partial charge in [0.15, 0.2) is 0 Å². The highest BCUT2D eigenvalue weighted by molar-refractivity contribution is 14.1. The molecule has 0 aromatic heterocycles. The highest BCUT2D eigenvalue weighted by atomic mass is 127. The van der Waals surface area contributed by atoms with Crippen molar-refractivity contribution in [2.75, 3.05) is 122 Å². The fraction of sp³-hybridized carbons (Fsp3) is 0.786. The van der Waals surface area contributed by atoms with Crippen LogP contribution in [0.3, 0.4) is 0 Å². The fourth-order valence-electron chi connectivity index (χ4n) is 3.12. The molecule has 0 amide bonds. The average molecular weight is 672 g/mol. The van der Waals surface area contributed by atoms with E-state index in [-0.39, 0.29) is 0 Å². The summed E-state index contributed by atoms with van der Waals surface area (Å²) in [5.74, 6) is 0.674. The molecular weight excluding hydrogens is 621 g/mol. The minimum atomic E-state index is 0.446. The minimum absolute atomic E-state index is 0.446. The quantitative estimate of drug-likeness (QED) is 0.0543. The second kappa shape index (κ2) is 30.2. The van der Waals surface area contributed by atoms with Crippen LogP contribution in [0.4, 0.5) is 5.69 Å². The lowest BCUT2D eigenvalue weighted by molar-refractivity contribution is -0.0236. The van der Waals surface area contributed by atoms with Crippen molar-refractivity contribution in [2.45, 2.75) is 25.7 Å². The van der Waals surface area contributed by atoms with Gasteiger partial charge in [-0.2, -0.15) is 0 Å². The van der Waals surface area contributed by atoms with Crippen LogP contribution in [0.25, 0.3) is 0 Å². The van der Waals surface area contributed by atoms with Gasteiger partial charge in [-0.1, -0.05) is 47.6 Å². The van der Waals surface area contributed by atoms with Gasteiger partial charge in [0.1, 0.15) is 12.4 Å². The van der Waals surface area contributed by atoms with Crippen molar-refractivity contribution < 1.29 is 42.6 Å². The van der Waals surface area contributed by atoms with Crippen molar-refractivity contribution in [1.82, 2.24) is 0 Å². The van der Waals surface area contributed by atoms with Gasteiger partial charge in [-0.15, -0.1) is 0 Å². The van der Waals surface area contributed by atoms with Crippen molar-refractivity contribution in [3.63, 3.8) is 0 Å². The first-order valence-electron chi connectivity index (χ1n) is 14.0. The van der Waals surface area contributed by atoms with Crippen LogP contribution in [0, 0.1) is 0 Å². The molecule has 0 bridgehead atoms. The fourth-order valence-corrected chi connectivity index (χ4v) is 3.66. The van der Waals surface area contributed by atoms with E-state index in [0.717, 1.165) is 13.0 Å². The molecule has 1 rings (SSSR count). The second-order valence-corrected chi connectivity index (χ2v) is 9.47. The molecule has 10 nitrogen and oxygen atoms in total. The summed E-state index contributed by atoms with van der Waals surface area (Å²) in [6.07, 6.45) is 4.99. The van der Waals surface area contributed by atoms with Crippen molar-refractivity contribution in [2.24, 2.45) is 0 Å². The summed E-state index contributed by atoms with van der Waals surface area (Å²) in [4.78, 5) is 0. The third kappa shape index (κ3) is 25.9. The molecule has 0 atom stereocenters. The third-order valence-electron chi connectivity index (χ3n) is 5.18. The van der Waals surface area contributed by atoms with Crippen molar-refractivity contribution in [3.05, 3.63) is 24.3 Å². The Labute approximate surface area is 248 Å². The molecule has 0 fully saturated rings. The van der Waals surface area contributed by atoms with E-state index in [1.54, 1.807) is 6.07 Å². The summed E-state index contributed by atoms with van der Waals surface area (Å²) in [7, 11) is 0. The summed E-state index contributed by atoms with van der Waals surface area (Å²) in [6.45, 7) is 9.36. The normalized spacial score (nSPS) is 11.3. The van der Waals surface area contributed by atoms with E-state index >= 15 is 0 Å². The Morgan fingerprint density at radius 3 is 1.21 bits per heavy atom. The molecule has 0 aliphatic carbocycles. The van der Waals surface area contributed by atoms with Crippen LogP contribution in [0.2, 0.25) is 0 Å². The summed E-state index contributed by atoms with van der Waals surface area (Å²) >= 11 is 2.42. The largest absolute Gasteiger partial charge is 0.489 e. The van der Waals surface area contributed by atoms with Crippen LogP contribution < -0.4 is 10.5 Å². The number of hydrogen-bond acceptors (Lipinski definition) is 10. The van der Waals surface area contributed by atoms with Crippen molar-refractivity contribution in [1.29, 1.82) is 0 Å². The number of halogens is 1. The molecule has 0 saturated heterocycles. The highest BCUT2D eigenvalue weighted by Gasteiger charge is 1.99. The Morgan fingerprint density at radius 1 is 0.436 bits per heavy atom. The molecule has 11 heteroatoms. The van der Waals surface area contributed by atoms with E-state index in [2.05, 4.69) is 22.6 Å². The number of para-hydroxylation sites is 2. The van der Waals surface area contributed by atoms with Crippen molar-refractivity contribution in [3.8, 4) is 5.75 Å². The molecule has 0 unspecified atom stereocenters. The van der Waals surface area contributed by atoms with Gasteiger partial charge in [0.05, 0.1) is 105 Å². The molecule has 0 heterocycles. The average Bonchev–Trinajstić information content (AvgIpc) is 2.95. The topological polar surface area (TPSA) is 109 Å². The zero-order valence-corrected chi connectivity index (χ0v) is 25.7. The molecule has 0 spiro atoms. The number of ether oxygens (including phenoxy) is 9. The van der Waals surface area contributed by atoms with E-state index in [1.165, 1.54) is 23.7 Å². The van der Waals surface area contributed by atoms with Gasteiger partial charge < -0.3 is 48.4 Å². The van der Waals surface area contributed by atoms with Gasteiger partial charge in [-0.25, -0.2) is 0 Å². The van der Waals surface area contributed by atoms with E-state index in [4.69, 9.17) is 48.4 Å². The minimum Gasteiger partial charge on any atom is -0.489 e. The highest BCUT2D eigenvalue weighted by Crippen LogP contribution is 2.19. The summed E-state index contributed by atoms with van der Waals surface area (Å²) in [6, 6.07) is 7.39. The maximum absolute atomic E-state index is 5.81. The van der Waals surface area contributed by atoms with Gasteiger partial charge >= 0.3 is 0 Å². The Balaban J connectivity index is 1.64.